The third-order valence-electron chi connectivity index (χ3n) is 15.5. The molecular formula is C67H129NO5. The molecule has 1 amide bonds. The van der Waals surface area contributed by atoms with E-state index in [1.54, 1.807) is 6.08 Å². The number of allylic oxidation sites excluding steroid dienone is 3. The minimum Gasteiger partial charge on any atom is -0.466 e. The quantitative estimate of drug-likeness (QED) is 0.0320. The van der Waals surface area contributed by atoms with E-state index >= 15 is 0 Å². The third kappa shape index (κ3) is 59.4. The van der Waals surface area contributed by atoms with Gasteiger partial charge in [-0.1, -0.05) is 321 Å². The molecule has 432 valence electrons. The molecule has 2 unspecified atom stereocenters. The molecule has 0 saturated heterocycles. The van der Waals surface area contributed by atoms with Gasteiger partial charge in [-0.3, -0.25) is 9.59 Å². The fourth-order valence-corrected chi connectivity index (χ4v) is 10.4. The molecule has 0 saturated carbocycles. The van der Waals surface area contributed by atoms with Gasteiger partial charge in [0.2, 0.25) is 5.91 Å². The lowest BCUT2D eigenvalue weighted by Crippen LogP contribution is -2.45. The van der Waals surface area contributed by atoms with Crippen molar-refractivity contribution < 1.29 is 24.5 Å². The summed E-state index contributed by atoms with van der Waals surface area (Å²) in [7, 11) is 0. The van der Waals surface area contributed by atoms with Crippen LogP contribution in [0.15, 0.2) is 24.3 Å². The minimum absolute atomic E-state index is 0.00201. The van der Waals surface area contributed by atoms with Crippen LogP contribution >= 0.6 is 0 Å². The van der Waals surface area contributed by atoms with E-state index in [1.165, 1.54) is 295 Å². The van der Waals surface area contributed by atoms with Gasteiger partial charge in [0.25, 0.3) is 0 Å². The maximum Gasteiger partial charge on any atom is 0.305 e. The van der Waals surface area contributed by atoms with E-state index in [2.05, 4.69) is 31.3 Å². The number of carbonyl (C=O) groups is 2. The van der Waals surface area contributed by atoms with Crippen molar-refractivity contribution in [3.05, 3.63) is 24.3 Å². The lowest BCUT2D eigenvalue weighted by Gasteiger charge is -2.20. The van der Waals surface area contributed by atoms with Crippen molar-refractivity contribution >= 4 is 11.9 Å². The summed E-state index contributed by atoms with van der Waals surface area (Å²) in [5.74, 6) is -0.0676. The number of esters is 1. The molecule has 0 aromatic carbocycles. The van der Waals surface area contributed by atoms with Crippen molar-refractivity contribution in [1.29, 1.82) is 0 Å². The van der Waals surface area contributed by atoms with Gasteiger partial charge in [0.15, 0.2) is 0 Å². The van der Waals surface area contributed by atoms with Crippen LogP contribution in [-0.4, -0.2) is 47.4 Å². The summed E-state index contributed by atoms with van der Waals surface area (Å²) >= 11 is 0. The lowest BCUT2D eigenvalue weighted by molar-refractivity contribution is -0.143. The monoisotopic (exact) mass is 1030 g/mol. The molecule has 2 atom stereocenters. The zero-order valence-electron chi connectivity index (χ0n) is 49.4. The summed E-state index contributed by atoms with van der Waals surface area (Å²) in [6.45, 7) is 4.92. The second kappa shape index (κ2) is 62.9. The summed E-state index contributed by atoms with van der Waals surface area (Å²) in [4.78, 5) is 24.6. The maximum absolute atomic E-state index is 12.5. The highest BCUT2D eigenvalue weighted by atomic mass is 16.5. The van der Waals surface area contributed by atoms with Gasteiger partial charge in [0.1, 0.15) is 0 Å². The summed E-state index contributed by atoms with van der Waals surface area (Å²) in [6, 6.07) is -0.633. The summed E-state index contributed by atoms with van der Waals surface area (Å²) < 4.78 is 5.49. The molecule has 0 heterocycles. The van der Waals surface area contributed by atoms with E-state index < -0.39 is 12.1 Å². The van der Waals surface area contributed by atoms with Crippen molar-refractivity contribution in [1.82, 2.24) is 5.32 Å². The average molecular weight is 1030 g/mol. The van der Waals surface area contributed by atoms with Gasteiger partial charge >= 0.3 is 5.97 Å². The fraction of sp³-hybridized carbons (Fsp3) is 0.910. The summed E-state index contributed by atoms with van der Waals surface area (Å²) in [6.07, 6.45) is 78.0. The molecular weight excluding hydrogens is 899 g/mol. The highest BCUT2D eigenvalue weighted by Gasteiger charge is 2.18. The van der Waals surface area contributed by atoms with Gasteiger partial charge in [0.05, 0.1) is 25.4 Å². The molecule has 0 fully saturated rings. The molecule has 0 aliphatic carbocycles. The second-order valence-corrected chi connectivity index (χ2v) is 22.8. The first kappa shape index (κ1) is 71.3. The van der Waals surface area contributed by atoms with Gasteiger partial charge in [-0.25, -0.2) is 0 Å². The molecule has 0 bridgehead atoms. The number of hydrogen-bond acceptors (Lipinski definition) is 5. The number of aliphatic hydroxyl groups excluding tert-OH is 2. The van der Waals surface area contributed by atoms with Crippen LogP contribution in [0.5, 0.6) is 0 Å². The lowest BCUT2D eigenvalue weighted by atomic mass is 10.0. The highest BCUT2D eigenvalue weighted by molar-refractivity contribution is 5.76. The Morgan fingerprint density at radius 3 is 0.973 bits per heavy atom. The van der Waals surface area contributed by atoms with E-state index in [4.69, 9.17) is 4.74 Å². The molecule has 6 nitrogen and oxygen atoms in total. The molecule has 6 heteroatoms. The number of nitrogens with one attached hydrogen (secondary N) is 1. The predicted octanol–water partition coefficient (Wildman–Crippen LogP) is 21.0. The smallest absolute Gasteiger partial charge is 0.305 e. The standard InChI is InChI=1S/C67H129NO5/c1-3-5-7-9-11-13-15-17-19-21-22-23-24-25-28-31-35-39-43-47-51-55-59-65(70)64(63-69)68-66(71)60-56-52-48-44-40-36-32-29-26-30-34-38-42-46-50-54-58-62-73-67(72)61-57-53-49-45-41-37-33-27-20-18-16-14-12-10-8-6-4-2/h18,20,55,59,64-65,69-70H,3-17,19,21-54,56-58,60-63H2,1-2H3,(H,68,71)/b20-18-,59-55+. The van der Waals surface area contributed by atoms with Crippen LogP contribution in [-0.2, 0) is 14.3 Å². The normalized spacial score (nSPS) is 12.7. The number of hydrogen-bond donors (Lipinski definition) is 3. The Morgan fingerprint density at radius 1 is 0.370 bits per heavy atom. The number of ether oxygens (including phenoxy) is 1. The van der Waals surface area contributed by atoms with E-state index in [0.717, 1.165) is 44.9 Å². The van der Waals surface area contributed by atoms with Crippen molar-refractivity contribution in [2.24, 2.45) is 0 Å². The van der Waals surface area contributed by atoms with Crippen molar-refractivity contribution in [3.63, 3.8) is 0 Å². The largest absolute Gasteiger partial charge is 0.466 e. The number of unbranched alkanes of at least 4 members (excludes halogenated alkanes) is 49. The highest BCUT2D eigenvalue weighted by Crippen LogP contribution is 2.18. The molecule has 0 aromatic heterocycles. The Kier molecular flexibility index (Phi) is 61.4. The summed E-state index contributed by atoms with van der Waals surface area (Å²) in [5, 5.41) is 23.2. The summed E-state index contributed by atoms with van der Waals surface area (Å²) in [5.41, 5.74) is 0. The van der Waals surface area contributed by atoms with Gasteiger partial charge in [-0.15, -0.1) is 0 Å². The van der Waals surface area contributed by atoms with Crippen LogP contribution in [0.25, 0.3) is 0 Å². The van der Waals surface area contributed by atoms with E-state index in [1.807, 2.05) is 6.08 Å². The maximum atomic E-state index is 12.5. The second-order valence-electron chi connectivity index (χ2n) is 22.8. The van der Waals surface area contributed by atoms with Crippen molar-refractivity contribution in [2.45, 2.75) is 379 Å². The minimum atomic E-state index is -0.849. The van der Waals surface area contributed by atoms with Crippen molar-refractivity contribution in [2.75, 3.05) is 13.2 Å². The van der Waals surface area contributed by atoms with E-state index in [0.29, 0.717) is 19.4 Å². The van der Waals surface area contributed by atoms with Crippen LogP contribution < -0.4 is 5.32 Å². The molecule has 0 rings (SSSR count). The molecule has 0 aromatic rings. The number of carbonyl (C=O) groups excluding carboxylic acids is 2. The van der Waals surface area contributed by atoms with E-state index in [9.17, 15) is 19.8 Å². The third-order valence-corrected chi connectivity index (χ3v) is 15.5. The first-order valence-corrected chi connectivity index (χ1v) is 33.1. The van der Waals surface area contributed by atoms with Crippen molar-refractivity contribution in [3.8, 4) is 0 Å². The SMILES string of the molecule is CCCCCCCC/C=C\CCCCCCCCCC(=O)OCCCCCCCCCCCCCCCCCCCC(=O)NC(CO)C(O)/C=C/CCCCCCCCCCCCCCCCCCCCCC. The number of aliphatic hydroxyl groups is 2. The van der Waals surface area contributed by atoms with Crippen LogP contribution in [0.4, 0.5) is 0 Å². The zero-order chi connectivity index (χ0) is 52.9. The molecule has 73 heavy (non-hydrogen) atoms. The van der Waals surface area contributed by atoms with Crippen LogP contribution in [0.2, 0.25) is 0 Å². The zero-order valence-corrected chi connectivity index (χ0v) is 49.4. The fourth-order valence-electron chi connectivity index (χ4n) is 10.4. The molecule has 3 N–H and O–H groups in total. The molecule has 0 spiro atoms. The molecule has 0 aliphatic heterocycles. The van der Waals surface area contributed by atoms with E-state index in [-0.39, 0.29) is 18.5 Å². The Hall–Kier alpha value is -1.66. The first-order chi connectivity index (χ1) is 36.0. The van der Waals surface area contributed by atoms with Crippen LogP contribution in [0, 0.1) is 0 Å². The van der Waals surface area contributed by atoms with Gasteiger partial charge in [-0.05, 0) is 57.8 Å². The number of rotatable bonds is 62. The van der Waals surface area contributed by atoms with Gasteiger partial charge in [-0.2, -0.15) is 0 Å². The Balaban J connectivity index is 3.43. The van der Waals surface area contributed by atoms with Gasteiger partial charge in [0, 0.05) is 12.8 Å². The Bertz CT molecular complexity index is 1140. The average Bonchev–Trinajstić information content (AvgIpc) is 3.39. The molecule has 0 aliphatic rings. The van der Waals surface area contributed by atoms with Crippen LogP contribution in [0.3, 0.4) is 0 Å². The predicted molar refractivity (Wildman–Crippen MR) is 320 cm³/mol. The van der Waals surface area contributed by atoms with Crippen LogP contribution in [0.1, 0.15) is 367 Å². The van der Waals surface area contributed by atoms with Gasteiger partial charge < -0.3 is 20.3 Å². The molecule has 0 radical (unpaired) electrons. The Labute approximate surface area is 456 Å². The topological polar surface area (TPSA) is 95.9 Å². The Morgan fingerprint density at radius 2 is 0.644 bits per heavy atom. The first-order valence-electron chi connectivity index (χ1n) is 33.1. The number of amides is 1.